The standard InChI is InChI=1S/C14H17F3N2O4/c1-21-12-5-4-10(13(19-12)14(15,16)17)18-11(20)8-22-7-9-3-2-6-23-9/h4-5,9H,2-3,6-8H2,1H3,(H,18,20). The number of pyridine rings is 1. The Balaban J connectivity index is 1.94. The van der Waals surface area contributed by atoms with Crippen LogP contribution in [0, 0.1) is 0 Å². The van der Waals surface area contributed by atoms with E-state index in [1.807, 2.05) is 0 Å². The van der Waals surface area contributed by atoms with E-state index in [4.69, 9.17) is 9.47 Å². The Morgan fingerprint density at radius 2 is 2.26 bits per heavy atom. The highest BCUT2D eigenvalue weighted by molar-refractivity contribution is 5.92. The molecule has 1 unspecified atom stereocenters. The van der Waals surface area contributed by atoms with Crippen LogP contribution in [0.2, 0.25) is 0 Å². The van der Waals surface area contributed by atoms with E-state index >= 15 is 0 Å². The maximum absolute atomic E-state index is 13.0. The third-order valence-electron chi connectivity index (χ3n) is 3.18. The first-order valence-electron chi connectivity index (χ1n) is 7.01. The normalized spacial score (nSPS) is 18.0. The second-order valence-corrected chi connectivity index (χ2v) is 4.95. The molecule has 0 radical (unpaired) electrons. The van der Waals surface area contributed by atoms with Crippen LogP contribution in [0.1, 0.15) is 18.5 Å². The van der Waals surface area contributed by atoms with Gasteiger partial charge in [0.15, 0.2) is 5.69 Å². The van der Waals surface area contributed by atoms with Gasteiger partial charge in [-0.3, -0.25) is 4.79 Å². The summed E-state index contributed by atoms with van der Waals surface area (Å²) in [7, 11) is 1.21. The summed E-state index contributed by atoms with van der Waals surface area (Å²) in [6.45, 7) is 0.538. The van der Waals surface area contributed by atoms with E-state index in [1.165, 1.54) is 13.2 Å². The summed E-state index contributed by atoms with van der Waals surface area (Å²) >= 11 is 0. The first kappa shape index (κ1) is 17.5. The number of nitrogens with one attached hydrogen (secondary N) is 1. The van der Waals surface area contributed by atoms with Gasteiger partial charge in [-0.05, 0) is 18.9 Å². The topological polar surface area (TPSA) is 69.7 Å². The second-order valence-electron chi connectivity index (χ2n) is 4.95. The van der Waals surface area contributed by atoms with Crippen molar-refractivity contribution in [3.05, 3.63) is 17.8 Å². The summed E-state index contributed by atoms with van der Waals surface area (Å²) in [6.07, 6.45) is -2.99. The van der Waals surface area contributed by atoms with Crippen molar-refractivity contribution in [2.75, 3.05) is 32.2 Å². The fourth-order valence-electron chi connectivity index (χ4n) is 2.12. The van der Waals surface area contributed by atoms with Crippen LogP contribution < -0.4 is 10.1 Å². The van der Waals surface area contributed by atoms with Crippen molar-refractivity contribution in [2.24, 2.45) is 0 Å². The fourth-order valence-corrected chi connectivity index (χ4v) is 2.12. The molecule has 0 spiro atoms. The molecule has 23 heavy (non-hydrogen) atoms. The van der Waals surface area contributed by atoms with Crippen molar-refractivity contribution in [1.82, 2.24) is 4.98 Å². The van der Waals surface area contributed by atoms with Crippen LogP contribution in [0.5, 0.6) is 5.88 Å². The van der Waals surface area contributed by atoms with Crippen LogP contribution >= 0.6 is 0 Å². The molecule has 1 amide bonds. The Morgan fingerprint density at radius 3 is 2.87 bits per heavy atom. The Morgan fingerprint density at radius 1 is 1.48 bits per heavy atom. The number of ether oxygens (including phenoxy) is 3. The number of amides is 1. The minimum atomic E-state index is -4.71. The van der Waals surface area contributed by atoms with Crippen molar-refractivity contribution in [3.63, 3.8) is 0 Å². The predicted octanol–water partition coefficient (Wildman–Crippen LogP) is 2.24. The van der Waals surface area contributed by atoms with Crippen LogP contribution in [0.25, 0.3) is 0 Å². The van der Waals surface area contributed by atoms with Gasteiger partial charge in [0, 0.05) is 12.7 Å². The smallest absolute Gasteiger partial charge is 0.435 e. The van der Waals surface area contributed by atoms with E-state index in [9.17, 15) is 18.0 Å². The average Bonchev–Trinajstić information content (AvgIpc) is 3.00. The van der Waals surface area contributed by atoms with Crippen LogP contribution in [0.3, 0.4) is 0 Å². The molecule has 9 heteroatoms. The molecule has 1 fully saturated rings. The number of carbonyl (C=O) groups excluding carboxylic acids is 1. The van der Waals surface area contributed by atoms with Gasteiger partial charge in [-0.1, -0.05) is 0 Å². The Labute approximate surface area is 130 Å². The van der Waals surface area contributed by atoms with Crippen molar-refractivity contribution < 1.29 is 32.2 Å². The van der Waals surface area contributed by atoms with Crippen molar-refractivity contribution >= 4 is 11.6 Å². The molecule has 2 rings (SSSR count). The van der Waals surface area contributed by atoms with Crippen LogP contribution in [0.4, 0.5) is 18.9 Å². The third kappa shape index (κ3) is 5.07. The fraction of sp³-hybridized carbons (Fsp3) is 0.571. The molecule has 1 N–H and O–H groups in total. The SMILES string of the molecule is COc1ccc(NC(=O)COCC2CCCO2)c(C(F)(F)F)n1. The van der Waals surface area contributed by atoms with E-state index in [-0.39, 0.29) is 25.2 Å². The van der Waals surface area contributed by atoms with Gasteiger partial charge in [-0.15, -0.1) is 0 Å². The predicted molar refractivity (Wildman–Crippen MR) is 74.2 cm³/mol. The Bertz CT molecular complexity index is 545. The van der Waals surface area contributed by atoms with Gasteiger partial charge in [0.2, 0.25) is 11.8 Å². The highest BCUT2D eigenvalue weighted by atomic mass is 19.4. The minimum Gasteiger partial charge on any atom is -0.481 e. The molecule has 0 bridgehead atoms. The molecule has 0 aliphatic carbocycles. The van der Waals surface area contributed by atoms with E-state index < -0.39 is 23.5 Å². The van der Waals surface area contributed by atoms with Gasteiger partial charge in [0.25, 0.3) is 0 Å². The molecule has 1 aromatic heterocycles. The molecule has 1 aliphatic heterocycles. The number of alkyl halides is 3. The summed E-state index contributed by atoms with van der Waals surface area (Å²) in [6, 6.07) is 2.32. The molecule has 128 valence electrons. The molecule has 1 saturated heterocycles. The van der Waals surface area contributed by atoms with Crippen molar-refractivity contribution in [3.8, 4) is 5.88 Å². The Hall–Kier alpha value is -1.87. The lowest BCUT2D eigenvalue weighted by molar-refractivity contribution is -0.140. The summed E-state index contributed by atoms with van der Waals surface area (Å²) < 4.78 is 54.0. The summed E-state index contributed by atoms with van der Waals surface area (Å²) in [4.78, 5) is 15.1. The zero-order chi connectivity index (χ0) is 16.9. The highest BCUT2D eigenvalue weighted by Gasteiger charge is 2.36. The van der Waals surface area contributed by atoms with Gasteiger partial charge in [-0.2, -0.15) is 13.2 Å². The number of nitrogens with zero attached hydrogens (tertiary/aromatic N) is 1. The van der Waals surface area contributed by atoms with Crippen LogP contribution in [-0.2, 0) is 20.4 Å². The van der Waals surface area contributed by atoms with E-state index in [2.05, 4.69) is 15.0 Å². The molecule has 2 heterocycles. The zero-order valence-electron chi connectivity index (χ0n) is 12.5. The lowest BCUT2D eigenvalue weighted by Crippen LogP contribution is -2.24. The average molecular weight is 334 g/mol. The lowest BCUT2D eigenvalue weighted by atomic mass is 10.2. The van der Waals surface area contributed by atoms with Gasteiger partial charge >= 0.3 is 6.18 Å². The first-order valence-corrected chi connectivity index (χ1v) is 7.01. The van der Waals surface area contributed by atoms with Crippen molar-refractivity contribution in [1.29, 1.82) is 0 Å². The largest absolute Gasteiger partial charge is 0.481 e. The van der Waals surface area contributed by atoms with E-state index in [0.717, 1.165) is 18.9 Å². The maximum Gasteiger partial charge on any atom is 0.435 e. The quantitative estimate of drug-likeness (QED) is 0.864. The monoisotopic (exact) mass is 334 g/mol. The number of methoxy groups -OCH3 is 1. The van der Waals surface area contributed by atoms with Crippen LogP contribution in [-0.4, -0.2) is 43.9 Å². The number of hydrogen-bond donors (Lipinski definition) is 1. The summed E-state index contributed by atoms with van der Waals surface area (Å²) in [5.41, 5.74) is -1.66. The number of carbonyl (C=O) groups is 1. The third-order valence-corrected chi connectivity index (χ3v) is 3.18. The molecule has 0 saturated carbocycles. The number of anilines is 1. The van der Waals surface area contributed by atoms with Gasteiger partial charge in [0.1, 0.15) is 6.61 Å². The van der Waals surface area contributed by atoms with Gasteiger partial charge in [0.05, 0.1) is 25.5 Å². The number of hydrogen-bond acceptors (Lipinski definition) is 5. The Kier molecular flexibility index (Phi) is 5.78. The minimum absolute atomic E-state index is 0.0591. The molecule has 1 aromatic rings. The number of rotatable bonds is 6. The number of halogens is 3. The van der Waals surface area contributed by atoms with E-state index in [1.54, 1.807) is 0 Å². The van der Waals surface area contributed by atoms with Crippen LogP contribution in [0.15, 0.2) is 12.1 Å². The summed E-state index contributed by atoms with van der Waals surface area (Å²) in [5.74, 6) is -0.884. The summed E-state index contributed by atoms with van der Waals surface area (Å²) in [5, 5.41) is 2.15. The first-order chi connectivity index (χ1) is 10.9. The molecule has 0 aromatic carbocycles. The maximum atomic E-state index is 13.0. The van der Waals surface area contributed by atoms with Gasteiger partial charge in [-0.25, -0.2) is 4.98 Å². The zero-order valence-corrected chi connectivity index (χ0v) is 12.5. The molecule has 1 aliphatic rings. The van der Waals surface area contributed by atoms with Gasteiger partial charge < -0.3 is 19.5 Å². The number of aromatic nitrogens is 1. The molecule has 1 atom stereocenters. The second kappa shape index (κ2) is 7.60. The molecular formula is C14H17F3N2O4. The van der Waals surface area contributed by atoms with E-state index in [0.29, 0.717) is 6.61 Å². The molecule has 6 nitrogen and oxygen atoms in total. The van der Waals surface area contributed by atoms with Crippen molar-refractivity contribution in [2.45, 2.75) is 25.1 Å². The highest BCUT2D eigenvalue weighted by Crippen LogP contribution is 2.34. The lowest BCUT2D eigenvalue weighted by Gasteiger charge is -2.14. The molecular weight excluding hydrogens is 317 g/mol.